The van der Waals surface area contributed by atoms with E-state index >= 15 is 0 Å². The molecule has 1 unspecified atom stereocenters. The number of benzene rings is 1. The first-order valence-electron chi connectivity index (χ1n) is 6.66. The van der Waals surface area contributed by atoms with E-state index in [0.29, 0.717) is 24.6 Å². The van der Waals surface area contributed by atoms with Gasteiger partial charge < -0.3 is 10.6 Å². The monoisotopic (exact) mass is 266 g/mol. The van der Waals surface area contributed by atoms with Gasteiger partial charge in [-0.25, -0.2) is 4.39 Å². The molecule has 4 heteroatoms. The lowest BCUT2D eigenvalue weighted by Gasteiger charge is -2.15. The van der Waals surface area contributed by atoms with E-state index in [-0.39, 0.29) is 17.8 Å². The molecule has 0 aliphatic rings. The Morgan fingerprint density at radius 1 is 1.32 bits per heavy atom. The fraction of sp³-hybridized carbons (Fsp3) is 0.533. The van der Waals surface area contributed by atoms with Crippen LogP contribution in [0.15, 0.2) is 18.2 Å². The fourth-order valence-electron chi connectivity index (χ4n) is 1.57. The van der Waals surface area contributed by atoms with E-state index in [1.165, 1.54) is 6.07 Å². The summed E-state index contributed by atoms with van der Waals surface area (Å²) in [5, 5.41) is 5.95. The van der Waals surface area contributed by atoms with Crippen molar-refractivity contribution >= 4 is 5.91 Å². The van der Waals surface area contributed by atoms with Gasteiger partial charge >= 0.3 is 0 Å². The van der Waals surface area contributed by atoms with Crippen LogP contribution < -0.4 is 10.6 Å². The molecule has 106 valence electrons. The van der Waals surface area contributed by atoms with E-state index in [1.807, 2.05) is 19.9 Å². The molecule has 1 atom stereocenters. The average Bonchev–Trinajstić information content (AvgIpc) is 2.36. The second-order valence-corrected chi connectivity index (χ2v) is 5.33. The number of carbonyl (C=O) groups is 1. The van der Waals surface area contributed by atoms with Gasteiger partial charge in [-0.05, 0) is 37.0 Å². The van der Waals surface area contributed by atoms with E-state index in [1.54, 1.807) is 19.9 Å². The van der Waals surface area contributed by atoms with Crippen molar-refractivity contribution in [2.75, 3.05) is 6.54 Å². The number of rotatable bonds is 6. The molecule has 0 fully saturated rings. The Bertz CT molecular complexity index is 432. The molecule has 0 aliphatic heterocycles. The first-order valence-corrected chi connectivity index (χ1v) is 6.66. The summed E-state index contributed by atoms with van der Waals surface area (Å²) in [5.74, 6) is 0.194. The lowest BCUT2D eigenvalue weighted by Crippen LogP contribution is -2.42. The highest BCUT2D eigenvalue weighted by atomic mass is 19.1. The zero-order chi connectivity index (χ0) is 14.4. The van der Waals surface area contributed by atoms with Crippen molar-refractivity contribution in [2.24, 2.45) is 5.92 Å². The Balaban J connectivity index is 2.42. The summed E-state index contributed by atoms with van der Waals surface area (Å²) in [5.41, 5.74) is 1.47. The number of amides is 1. The highest BCUT2D eigenvalue weighted by Gasteiger charge is 2.12. The normalized spacial score (nSPS) is 12.5. The molecular weight excluding hydrogens is 243 g/mol. The lowest BCUT2D eigenvalue weighted by molar-refractivity contribution is -0.122. The molecule has 1 rings (SSSR count). The molecular formula is C15H23FN2O. The molecule has 19 heavy (non-hydrogen) atoms. The average molecular weight is 266 g/mol. The maximum Gasteiger partial charge on any atom is 0.236 e. The Labute approximate surface area is 114 Å². The Morgan fingerprint density at radius 3 is 2.58 bits per heavy atom. The van der Waals surface area contributed by atoms with Crippen LogP contribution in [0.1, 0.15) is 31.9 Å². The zero-order valence-corrected chi connectivity index (χ0v) is 12.1. The summed E-state index contributed by atoms with van der Waals surface area (Å²) in [7, 11) is 0. The smallest absolute Gasteiger partial charge is 0.236 e. The highest BCUT2D eigenvalue weighted by molar-refractivity contribution is 5.81. The molecule has 0 spiro atoms. The van der Waals surface area contributed by atoms with Crippen LogP contribution in [0, 0.1) is 18.7 Å². The van der Waals surface area contributed by atoms with Crippen LogP contribution in [0.2, 0.25) is 0 Å². The second kappa shape index (κ2) is 7.24. The number of nitrogens with one attached hydrogen (secondary N) is 2. The predicted octanol–water partition coefficient (Wildman–Crippen LogP) is 2.38. The largest absolute Gasteiger partial charge is 0.354 e. The third-order valence-electron chi connectivity index (χ3n) is 2.93. The topological polar surface area (TPSA) is 41.1 Å². The molecule has 1 amide bonds. The van der Waals surface area contributed by atoms with Crippen molar-refractivity contribution in [3.8, 4) is 0 Å². The number of halogens is 1. The molecule has 0 saturated carbocycles. The predicted molar refractivity (Wildman–Crippen MR) is 75.3 cm³/mol. The van der Waals surface area contributed by atoms with Crippen LogP contribution in [0.3, 0.4) is 0 Å². The van der Waals surface area contributed by atoms with Gasteiger partial charge in [-0.15, -0.1) is 0 Å². The van der Waals surface area contributed by atoms with Gasteiger partial charge in [0, 0.05) is 13.1 Å². The first kappa shape index (κ1) is 15.6. The van der Waals surface area contributed by atoms with E-state index in [9.17, 15) is 9.18 Å². The van der Waals surface area contributed by atoms with Crippen molar-refractivity contribution in [1.82, 2.24) is 10.6 Å². The third-order valence-corrected chi connectivity index (χ3v) is 2.93. The van der Waals surface area contributed by atoms with E-state index < -0.39 is 0 Å². The maximum atomic E-state index is 13.4. The van der Waals surface area contributed by atoms with Crippen LogP contribution >= 0.6 is 0 Å². The molecule has 3 nitrogen and oxygen atoms in total. The quantitative estimate of drug-likeness (QED) is 0.830. The van der Waals surface area contributed by atoms with E-state index in [0.717, 1.165) is 5.56 Å². The summed E-state index contributed by atoms with van der Waals surface area (Å²) in [6.45, 7) is 8.78. The number of carbonyl (C=O) groups excluding carboxylic acids is 1. The minimum Gasteiger partial charge on any atom is -0.354 e. The number of aryl methyl sites for hydroxylation is 1. The summed E-state index contributed by atoms with van der Waals surface area (Å²) >= 11 is 0. The molecule has 0 bridgehead atoms. The Kier molecular flexibility index (Phi) is 5.96. The molecule has 1 aromatic carbocycles. The number of hydrogen-bond acceptors (Lipinski definition) is 2. The molecule has 0 aliphatic carbocycles. The molecule has 0 radical (unpaired) electrons. The second-order valence-electron chi connectivity index (χ2n) is 5.33. The van der Waals surface area contributed by atoms with Gasteiger partial charge in [-0.3, -0.25) is 4.79 Å². The molecule has 0 heterocycles. The van der Waals surface area contributed by atoms with Crippen molar-refractivity contribution in [2.45, 2.75) is 40.3 Å². The van der Waals surface area contributed by atoms with E-state index in [4.69, 9.17) is 0 Å². The SMILES string of the molecule is Cc1ccc(CNC(C)C(=O)NCC(C)C)cc1F. The van der Waals surface area contributed by atoms with Gasteiger partial charge in [0.25, 0.3) is 0 Å². The Hall–Kier alpha value is -1.42. The summed E-state index contributed by atoms with van der Waals surface area (Å²) in [4.78, 5) is 11.7. The van der Waals surface area contributed by atoms with Crippen LogP contribution in [-0.4, -0.2) is 18.5 Å². The zero-order valence-electron chi connectivity index (χ0n) is 12.1. The van der Waals surface area contributed by atoms with Crippen LogP contribution in [0.25, 0.3) is 0 Å². The van der Waals surface area contributed by atoms with Crippen molar-refractivity contribution < 1.29 is 9.18 Å². The van der Waals surface area contributed by atoms with Gasteiger partial charge in [0.05, 0.1) is 6.04 Å². The van der Waals surface area contributed by atoms with Crippen molar-refractivity contribution in [1.29, 1.82) is 0 Å². The number of hydrogen-bond donors (Lipinski definition) is 2. The van der Waals surface area contributed by atoms with Gasteiger partial charge in [-0.2, -0.15) is 0 Å². The fourth-order valence-corrected chi connectivity index (χ4v) is 1.57. The standard InChI is InChI=1S/C15H23FN2O/c1-10(2)8-18-15(19)12(4)17-9-13-6-5-11(3)14(16)7-13/h5-7,10,12,17H,8-9H2,1-4H3,(H,18,19). The minimum atomic E-state index is -0.289. The molecule has 1 aromatic rings. The van der Waals surface area contributed by atoms with Crippen molar-refractivity contribution in [3.63, 3.8) is 0 Å². The van der Waals surface area contributed by atoms with Crippen LogP contribution in [-0.2, 0) is 11.3 Å². The van der Waals surface area contributed by atoms with Gasteiger partial charge in [0.1, 0.15) is 5.82 Å². The van der Waals surface area contributed by atoms with Crippen molar-refractivity contribution in [3.05, 3.63) is 35.1 Å². The molecule has 2 N–H and O–H groups in total. The van der Waals surface area contributed by atoms with Gasteiger partial charge in [0.15, 0.2) is 0 Å². The highest BCUT2D eigenvalue weighted by Crippen LogP contribution is 2.09. The van der Waals surface area contributed by atoms with Crippen LogP contribution in [0.5, 0.6) is 0 Å². The summed E-state index contributed by atoms with van der Waals surface area (Å²) < 4.78 is 13.4. The van der Waals surface area contributed by atoms with Gasteiger partial charge in [0.2, 0.25) is 5.91 Å². The molecule has 0 saturated heterocycles. The van der Waals surface area contributed by atoms with Crippen LogP contribution in [0.4, 0.5) is 4.39 Å². The van der Waals surface area contributed by atoms with Gasteiger partial charge in [-0.1, -0.05) is 26.0 Å². The third kappa shape index (κ3) is 5.39. The maximum absolute atomic E-state index is 13.4. The summed E-state index contributed by atoms with van der Waals surface area (Å²) in [6, 6.07) is 4.82. The molecule has 0 aromatic heterocycles. The lowest BCUT2D eigenvalue weighted by atomic mass is 10.1. The summed E-state index contributed by atoms with van der Waals surface area (Å²) in [6.07, 6.45) is 0. The minimum absolute atomic E-state index is 0.0266. The first-order chi connectivity index (χ1) is 8.90. The Morgan fingerprint density at radius 2 is 2.00 bits per heavy atom. The van der Waals surface area contributed by atoms with E-state index in [2.05, 4.69) is 10.6 Å².